The molecule has 82 valence electrons. The van der Waals surface area contributed by atoms with E-state index in [0.29, 0.717) is 5.82 Å². The summed E-state index contributed by atoms with van der Waals surface area (Å²) in [6.07, 6.45) is 2.42. The highest BCUT2D eigenvalue weighted by Gasteiger charge is 2.26. The van der Waals surface area contributed by atoms with Gasteiger partial charge in [-0.2, -0.15) is 0 Å². The van der Waals surface area contributed by atoms with Crippen LogP contribution in [0.1, 0.15) is 38.2 Å². The average molecular weight is 208 g/mol. The van der Waals surface area contributed by atoms with Crippen LogP contribution in [0, 0.1) is 5.92 Å². The molecule has 1 aromatic heterocycles. The van der Waals surface area contributed by atoms with Gasteiger partial charge in [0.25, 0.3) is 0 Å². The van der Waals surface area contributed by atoms with Gasteiger partial charge in [0, 0.05) is 11.9 Å². The van der Waals surface area contributed by atoms with Crippen LogP contribution in [0.4, 0.5) is 0 Å². The van der Waals surface area contributed by atoms with Crippen LogP contribution >= 0.6 is 0 Å². The first-order chi connectivity index (χ1) is 7.06. The topological polar surface area (TPSA) is 63.1 Å². The molecule has 0 radical (unpaired) electrons. The van der Waals surface area contributed by atoms with Gasteiger partial charge in [0.05, 0.1) is 0 Å². The standard InChI is InChI=1S/C11H16N2O2/c1-4-8-5-6-12-10(13-8)9(7(2)3)11(14)15/h5-7,9H,4H2,1-3H3,(H,14,15). The number of aromatic nitrogens is 2. The molecule has 1 N–H and O–H groups in total. The van der Waals surface area contributed by atoms with Gasteiger partial charge in [-0.3, -0.25) is 4.79 Å². The molecule has 0 spiro atoms. The van der Waals surface area contributed by atoms with E-state index in [1.54, 1.807) is 6.20 Å². The largest absolute Gasteiger partial charge is 0.481 e. The summed E-state index contributed by atoms with van der Waals surface area (Å²) in [5, 5.41) is 9.08. The molecule has 0 saturated heterocycles. The lowest BCUT2D eigenvalue weighted by molar-refractivity contribution is -0.140. The van der Waals surface area contributed by atoms with Gasteiger partial charge < -0.3 is 5.11 Å². The van der Waals surface area contributed by atoms with Crippen molar-refractivity contribution < 1.29 is 9.90 Å². The molecule has 1 unspecified atom stereocenters. The minimum absolute atomic E-state index is 0.00499. The minimum Gasteiger partial charge on any atom is -0.481 e. The molecule has 0 aliphatic heterocycles. The third-order valence-corrected chi connectivity index (χ3v) is 2.31. The van der Waals surface area contributed by atoms with Crippen molar-refractivity contribution in [1.29, 1.82) is 0 Å². The number of carboxylic acids is 1. The minimum atomic E-state index is -0.863. The van der Waals surface area contributed by atoms with E-state index >= 15 is 0 Å². The highest BCUT2D eigenvalue weighted by atomic mass is 16.4. The second-order valence-corrected chi connectivity index (χ2v) is 3.82. The Morgan fingerprint density at radius 2 is 2.20 bits per heavy atom. The van der Waals surface area contributed by atoms with E-state index in [9.17, 15) is 4.79 Å². The smallest absolute Gasteiger partial charge is 0.314 e. The number of carbonyl (C=O) groups is 1. The zero-order valence-corrected chi connectivity index (χ0v) is 9.27. The molecular weight excluding hydrogens is 192 g/mol. The van der Waals surface area contributed by atoms with Crippen LogP contribution in [0.3, 0.4) is 0 Å². The summed E-state index contributed by atoms with van der Waals surface area (Å²) in [4.78, 5) is 19.3. The van der Waals surface area contributed by atoms with Gasteiger partial charge in [-0.15, -0.1) is 0 Å². The maximum atomic E-state index is 11.1. The SMILES string of the molecule is CCc1ccnc(C(C(=O)O)C(C)C)n1. The molecule has 0 saturated carbocycles. The van der Waals surface area contributed by atoms with E-state index in [2.05, 4.69) is 9.97 Å². The van der Waals surface area contributed by atoms with Crippen molar-refractivity contribution in [3.8, 4) is 0 Å². The molecule has 1 aromatic rings. The zero-order chi connectivity index (χ0) is 11.4. The third-order valence-electron chi connectivity index (χ3n) is 2.31. The Hall–Kier alpha value is -1.45. The van der Waals surface area contributed by atoms with Gasteiger partial charge in [-0.1, -0.05) is 20.8 Å². The Labute approximate surface area is 89.4 Å². The van der Waals surface area contributed by atoms with Gasteiger partial charge in [0.2, 0.25) is 0 Å². The Bertz CT molecular complexity index is 350. The maximum absolute atomic E-state index is 11.1. The van der Waals surface area contributed by atoms with Crippen molar-refractivity contribution in [2.75, 3.05) is 0 Å². The average Bonchev–Trinajstić information content (AvgIpc) is 2.17. The fraction of sp³-hybridized carbons (Fsp3) is 0.545. The van der Waals surface area contributed by atoms with Crippen LogP contribution in [0.15, 0.2) is 12.3 Å². The molecule has 4 heteroatoms. The predicted molar refractivity (Wildman–Crippen MR) is 56.6 cm³/mol. The Balaban J connectivity index is 3.05. The van der Waals surface area contributed by atoms with Crippen molar-refractivity contribution in [2.24, 2.45) is 5.92 Å². The summed E-state index contributed by atoms with van der Waals surface area (Å²) in [7, 11) is 0. The quantitative estimate of drug-likeness (QED) is 0.820. The Morgan fingerprint density at radius 3 is 2.67 bits per heavy atom. The number of aliphatic carboxylic acids is 1. The first kappa shape index (κ1) is 11.6. The normalized spacial score (nSPS) is 12.8. The van der Waals surface area contributed by atoms with E-state index in [4.69, 9.17) is 5.11 Å². The first-order valence-electron chi connectivity index (χ1n) is 5.10. The highest BCUT2D eigenvalue weighted by Crippen LogP contribution is 2.21. The molecule has 0 aliphatic rings. The molecule has 0 amide bonds. The number of rotatable bonds is 4. The maximum Gasteiger partial charge on any atom is 0.314 e. The summed E-state index contributed by atoms with van der Waals surface area (Å²) < 4.78 is 0. The zero-order valence-electron chi connectivity index (χ0n) is 9.27. The van der Waals surface area contributed by atoms with Gasteiger partial charge in [-0.05, 0) is 18.4 Å². The summed E-state index contributed by atoms with van der Waals surface area (Å²) in [6, 6.07) is 1.81. The molecule has 0 aromatic carbocycles. The number of nitrogens with zero attached hydrogens (tertiary/aromatic N) is 2. The number of hydrogen-bond donors (Lipinski definition) is 1. The van der Waals surface area contributed by atoms with Crippen LogP contribution < -0.4 is 0 Å². The Morgan fingerprint density at radius 1 is 1.53 bits per heavy atom. The van der Waals surface area contributed by atoms with Crippen molar-refractivity contribution in [3.05, 3.63) is 23.8 Å². The summed E-state index contributed by atoms with van der Waals surface area (Å²) in [6.45, 7) is 5.71. The van der Waals surface area contributed by atoms with E-state index in [1.165, 1.54) is 0 Å². The molecule has 1 rings (SSSR count). The third kappa shape index (κ3) is 2.75. The van der Waals surface area contributed by atoms with Crippen LogP contribution in [-0.4, -0.2) is 21.0 Å². The molecule has 15 heavy (non-hydrogen) atoms. The van der Waals surface area contributed by atoms with Crippen LogP contribution in [0.2, 0.25) is 0 Å². The van der Waals surface area contributed by atoms with E-state index in [-0.39, 0.29) is 5.92 Å². The highest BCUT2D eigenvalue weighted by molar-refractivity contribution is 5.75. The molecule has 0 bridgehead atoms. The lowest BCUT2D eigenvalue weighted by Gasteiger charge is -2.14. The van der Waals surface area contributed by atoms with Gasteiger partial charge >= 0.3 is 5.97 Å². The number of aryl methyl sites for hydroxylation is 1. The second kappa shape index (κ2) is 4.87. The molecule has 4 nitrogen and oxygen atoms in total. The van der Waals surface area contributed by atoms with Crippen LogP contribution in [0.5, 0.6) is 0 Å². The van der Waals surface area contributed by atoms with Crippen molar-refractivity contribution in [2.45, 2.75) is 33.1 Å². The monoisotopic (exact) mass is 208 g/mol. The van der Waals surface area contributed by atoms with Crippen LogP contribution in [-0.2, 0) is 11.2 Å². The van der Waals surface area contributed by atoms with Crippen molar-refractivity contribution >= 4 is 5.97 Å². The van der Waals surface area contributed by atoms with Gasteiger partial charge in [0.1, 0.15) is 11.7 Å². The van der Waals surface area contributed by atoms with Crippen molar-refractivity contribution in [3.63, 3.8) is 0 Å². The molecular formula is C11H16N2O2. The lowest BCUT2D eigenvalue weighted by atomic mass is 9.95. The van der Waals surface area contributed by atoms with E-state index < -0.39 is 11.9 Å². The molecule has 0 aliphatic carbocycles. The molecule has 1 heterocycles. The second-order valence-electron chi connectivity index (χ2n) is 3.82. The fourth-order valence-corrected chi connectivity index (χ4v) is 1.45. The fourth-order valence-electron chi connectivity index (χ4n) is 1.45. The van der Waals surface area contributed by atoms with Gasteiger partial charge in [0.15, 0.2) is 0 Å². The Kier molecular flexibility index (Phi) is 3.77. The first-order valence-corrected chi connectivity index (χ1v) is 5.10. The molecule has 0 fully saturated rings. The van der Waals surface area contributed by atoms with E-state index in [1.807, 2.05) is 26.8 Å². The lowest BCUT2D eigenvalue weighted by Crippen LogP contribution is -2.20. The van der Waals surface area contributed by atoms with Gasteiger partial charge in [-0.25, -0.2) is 9.97 Å². The summed E-state index contributed by atoms with van der Waals surface area (Å²) >= 11 is 0. The van der Waals surface area contributed by atoms with Crippen LogP contribution in [0.25, 0.3) is 0 Å². The number of hydrogen-bond acceptors (Lipinski definition) is 3. The predicted octanol–water partition coefficient (Wildman–Crippen LogP) is 1.86. The van der Waals surface area contributed by atoms with Crippen molar-refractivity contribution in [1.82, 2.24) is 9.97 Å². The van der Waals surface area contributed by atoms with E-state index in [0.717, 1.165) is 12.1 Å². The summed E-state index contributed by atoms with van der Waals surface area (Å²) in [5.41, 5.74) is 0.881. The summed E-state index contributed by atoms with van der Waals surface area (Å²) in [5.74, 6) is -1.07. The number of carboxylic acid groups (broad SMARTS) is 1. The molecule has 1 atom stereocenters.